The minimum atomic E-state index is -3.95. The van der Waals surface area contributed by atoms with Crippen molar-refractivity contribution < 1.29 is 32.6 Å². The molecule has 0 bridgehead atoms. The number of ether oxygens (including phenoxy) is 1. The van der Waals surface area contributed by atoms with E-state index in [0.29, 0.717) is 18.4 Å². The summed E-state index contributed by atoms with van der Waals surface area (Å²) in [5, 5.41) is 20.4. The van der Waals surface area contributed by atoms with Gasteiger partial charge in [0.25, 0.3) is 5.91 Å². The average Bonchev–Trinajstić information content (AvgIpc) is 3.35. The lowest BCUT2D eigenvalue weighted by atomic mass is 10.00. The average molecular weight is 560 g/mol. The summed E-state index contributed by atoms with van der Waals surface area (Å²) < 4.78 is 46.9. The molecule has 0 spiro atoms. The second-order valence-electron chi connectivity index (χ2n) is 10.4. The largest absolute Gasteiger partial charge is 0.472 e. The van der Waals surface area contributed by atoms with E-state index in [1.807, 2.05) is 6.92 Å². The molecule has 3 atom stereocenters. The summed E-state index contributed by atoms with van der Waals surface area (Å²) in [4.78, 5) is 19.4. The number of aliphatic hydroxyl groups excluding tert-OH is 1. The van der Waals surface area contributed by atoms with E-state index in [0.717, 1.165) is 29.3 Å². The van der Waals surface area contributed by atoms with Gasteiger partial charge in [0.1, 0.15) is 23.1 Å². The summed E-state index contributed by atoms with van der Waals surface area (Å²) in [5.41, 5.74) is -0.478. The number of benzene rings is 1. The minimum absolute atomic E-state index is 0.0319. The maximum Gasteiger partial charge on any atom is 0.259 e. The Labute approximate surface area is 228 Å². The predicted molar refractivity (Wildman–Crippen MR) is 142 cm³/mol. The van der Waals surface area contributed by atoms with E-state index in [1.165, 1.54) is 30.3 Å². The fourth-order valence-electron chi connectivity index (χ4n) is 4.80. The van der Waals surface area contributed by atoms with Crippen LogP contribution in [0.1, 0.15) is 55.5 Å². The number of aliphatic hydroxyl groups is 2. The lowest BCUT2D eigenvalue weighted by Gasteiger charge is -2.37. The second-order valence-corrected chi connectivity index (χ2v) is 12.5. The molecule has 1 aliphatic carbocycles. The van der Waals surface area contributed by atoms with Crippen molar-refractivity contribution in [1.29, 1.82) is 0 Å². The maximum absolute atomic E-state index is 13.6. The molecule has 2 heterocycles. The summed E-state index contributed by atoms with van der Waals surface area (Å²) in [6.45, 7) is 3.43. The van der Waals surface area contributed by atoms with Crippen LogP contribution in [0.3, 0.4) is 0 Å². The Bertz CT molecular complexity index is 1370. The monoisotopic (exact) mass is 559 g/mol. The van der Waals surface area contributed by atoms with Crippen molar-refractivity contribution in [2.24, 2.45) is 5.92 Å². The SMILES string of the molecule is C[C@H](CO)N1C[C@H](C)[C@@H](CN(C)S(=O)(=O)c2ccc(F)cc2)Oc2ncc(C#CC3(O)CCCC3)cc2C1=O. The fourth-order valence-corrected chi connectivity index (χ4v) is 5.98. The van der Waals surface area contributed by atoms with Gasteiger partial charge < -0.3 is 19.8 Å². The van der Waals surface area contributed by atoms with Gasteiger partial charge in [-0.1, -0.05) is 18.8 Å². The van der Waals surface area contributed by atoms with Crippen LogP contribution in [0.15, 0.2) is 41.4 Å². The van der Waals surface area contributed by atoms with Gasteiger partial charge in [-0.3, -0.25) is 4.79 Å². The van der Waals surface area contributed by atoms with E-state index in [-0.39, 0.29) is 47.9 Å². The van der Waals surface area contributed by atoms with Crippen molar-refractivity contribution in [1.82, 2.24) is 14.2 Å². The van der Waals surface area contributed by atoms with Crippen LogP contribution in [0.25, 0.3) is 0 Å². The number of fused-ring (bicyclic) bond motifs is 1. The van der Waals surface area contributed by atoms with Gasteiger partial charge in [0.2, 0.25) is 15.9 Å². The molecule has 1 aromatic heterocycles. The van der Waals surface area contributed by atoms with Gasteiger partial charge in [-0.15, -0.1) is 0 Å². The van der Waals surface area contributed by atoms with E-state index in [9.17, 15) is 27.8 Å². The summed E-state index contributed by atoms with van der Waals surface area (Å²) in [5.74, 6) is 4.61. The molecule has 1 saturated carbocycles. The van der Waals surface area contributed by atoms with Crippen LogP contribution in [0.5, 0.6) is 5.88 Å². The van der Waals surface area contributed by atoms with E-state index in [1.54, 1.807) is 13.0 Å². The predicted octanol–water partition coefficient (Wildman–Crippen LogP) is 2.42. The molecular weight excluding hydrogens is 525 g/mol. The van der Waals surface area contributed by atoms with Crippen LogP contribution in [0.2, 0.25) is 0 Å². The zero-order valence-electron chi connectivity index (χ0n) is 22.3. The third-order valence-corrected chi connectivity index (χ3v) is 9.19. The first-order chi connectivity index (χ1) is 18.4. The van der Waals surface area contributed by atoms with Gasteiger partial charge in [0, 0.05) is 31.3 Å². The Balaban J connectivity index is 1.66. The zero-order chi connectivity index (χ0) is 28.4. The van der Waals surface area contributed by atoms with Gasteiger partial charge in [0.15, 0.2) is 0 Å². The third-order valence-electron chi connectivity index (χ3n) is 7.35. The molecule has 0 unspecified atom stereocenters. The number of nitrogens with zero attached hydrogens (tertiary/aromatic N) is 3. The molecule has 0 radical (unpaired) electrons. The molecule has 11 heteroatoms. The molecule has 1 amide bonds. The van der Waals surface area contributed by atoms with Crippen LogP contribution in [-0.4, -0.2) is 83.2 Å². The van der Waals surface area contributed by atoms with Crippen LogP contribution < -0.4 is 4.74 Å². The third kappa shape index (κ3) is 6.41. The number of halogens is 1. The van der Waals surface area contributed by atoms with Crippen molar-refractivity contribution in [3.05, 3.63) is 53.5 Å². The Morgan fingerprint density at radius 2 is 1.95 bits per heavy atom. The molecule has 2 aliphatic rings. The van der Waals surface area contributed by atoms with Gasteiger partial charge >= 0.3 is 0 Å². The number of likely N-dealkylation sites (N-methyl/N-ethyl adjacent to an activating group) is 1. The first-order valence-electron chi connectivity index (χ1n) is 13.0. The van der Waals surface area contributed by atoms with Crippen molar-refractivity contribution in [3.8, 4) is 17.7 Å². The minimum Gasteiger partial charge on any atom is -0.472 e. The normalized spacial score (nSPS) is 21.8. The Morgan fingerprint density at radius 1 is 1.28 bits per heavy atom. The Morgan fingerprint density at radius 3 is 2.59 bits per heavy atom. The van der Waals surface area contributed by atoms with Gasteiger partial charge in [-0.2, -0.15) is 4.31 Å². The van der Waals surface area contributed by atoms with Crippen LogP contribution in [-0.2, 0) is 10.0 Å². The van der Waals surface area contributed by atoms with E-state index in [2.05, 4.69) is 16.8 Å². The number of amides is 1. The highest BCUT2D eigenvalue weighted by molar-refractivity contribution is 7.89. The molecule has 0 saturated heterocycles. The van der Waals surface area contributed by atoms with E-state index in [4.69, 9.17) is 4.74 Å². The first-order valence-corrected chi connectivity index (χ1v) is 14.4. The highest BCUT2D eigenvalue weighted by atomic mass is 32.2. The molecule has 1 aliphatic heterocycles. The zero-order valence-corrected chi connectivity index (χ0v) is 23.1. The summed E-state index contributed by atoms with van der Waals surface area (Å²) in [7, 11) is -2.54. The van der Waals surface area contributed by atoms with Gasteiger partial charge in [0.05, 0.1) is 24.1 Å². The van der Waals surface area contributed by atoms with Crippen LogP contribution >= 0.6 is 0 Å². The van der Waals surface area contributed by atoms with Crippen LogP contribution in [0, 0.1) is 23.6 Å². The number of aromatic nitrogens is 1. The van der Waals surface area contributed by atoms with Crippen molar-refractivity contribution in [2.45, 2.75) is 62.2 Å². The molecule has 1 fully saturated rings. The number of sulfonamides is 1. The molecule has 210 valence electrons. The number of hydrogen-bond donors (Lipinski definition) is 2. The summed E-state index contributed by atoms with van der Waals surface area (Å²) in [6, 6.07) is 5.62. The van der Waals surface area contributed by atoms with Crippen molar-refractivity contribution in [2.75, 3.05) is 26.7 Å². The van der Waals surface area contributed by atoms with E-state index < -0.39 is 33.6 Å². The molecule has 1 aromatic carbocycles. The topological polar surface area (TPSA) is 120 Å². The second kappa shape index (κ2) is 11.6. The Kier molecular flexibility index (Phi) is 8.61. The summed E-state index contributed by atoms with van der Waals surface area (Å²) in [6.07, 6.45) is 3.75. The van der Waals surface area contributed by atoms with E-state index >= 15 is 0 Å². The maximum atomic E-state index is 13.6. The summed E-state index contributed by atoms with van der Waals surface area (Å²) >= 11 is 0. The number of rotatable bonds is 6. The van der Waals surface area contributed by atoms with Crippen molar-refractivity contribution in [3.63, 3.8) is 0 Å². The number of carbonyl (C=O) groups excluding carboxylic acids is 1. The highest BCUT2D eigenvalue weighted by Crippen LogP contribution is 2.30. The quantitative estimate of drug-likeness (QED) is 0.522. The number of pyridine rings is 1. The van der Waals surface area contributed by atoms with Gasteiger partial charge in [-0.25, -0.2) is 17.8 Å². The molecule has 9 nitrogen and oxygen atoms in total. The molecular formula is C28H34FN3O6S. The molecule has 2 aromatic rings. The fraction of sp³-hybridized carbons (Fsp3) is 0.500. The van der Waals surface area contributed by atoms with Crippen LogP contribution in [0.4, 0.5) is 4.39 Å². The molecule has 2 N–H and O–H groups in total. The lowest BCUT2D eigenvalue weighted by molar-refractivity contribution is 0.0373. The first kappa shape index (κ1) is 29.0. The lowest BCUT2D eigenvalue weighted by Crippen LogP contribution is -2.50. The molecule has 4 rings (SSSR count). The van der Waals surface area contributed by atoms with Gasteiger partial charge in [-0.05, 0) is 62.9 Å². The number of carbonyl (C=O) groups is 1. The number of hydrogen-bond acceptors (Lipinski definition) is 7. The molecule has 39 heavy (non-hydrogen) atoms. The smallest absolute Gasteiger partial charge is 0.259 e. The standard InChI is InChI=1S/C28H34FN3O6S/c1-19-16-32(20(2)18-33)27(34)24-14-21(10-13-28(35)11-4-5-12-28)15-30-26(24)38-25(19)17-31(3)39(36,37)23-8-6-22(29)7-9-23/h6-9,14-15,19-20,25,33,35H,4-5,11-12,16-18H2,1-3H3/t19-,20+,25+/m0/s1. The highest BCUT2D eigenvalue weighted by Gasteiger charge is 2.36. The van der Waals surface area contributed by atoms with Crippen molar-refractivity contribution >= 4 is 15.9 Å². The Hall–Kier alpha value is -3.04.